The molecule has 0 spiro atoms. The van der Waals surface area contributed by atoms with E-state index in [2.05, 4.69) is 27.2 Å². The summed E-state index contributed by atoms with van der Waals surface area (Å²) in [6.45, 7) is 2.72. The number of β-amino-alcohol motifs (C(OH)–C–C–N with tert-alkyl or cyclic N) is 1. The van der Waals surface area contributed by atoms with Gasteiger partial charge in [-0.3, -0.25) is 14.3 Å². The summed E-state index contributed by atoms with van der Waals surface area (Å²) in [6, 6.07) is 12.2. The summed E-state index contributed by atoms with van der Waals surface area (Å²) in [5.41, 5.74) is 2.30. The molecule has 1 saturated heterocycles. The maximum atomic E-state index is 10.3. The summed E-state index contributed by atoms with van der Waals surface area (Å²) in [5, 5.41) is 18.9. The SMILES string of the molecule is Cn1nccc1CN1C[C@@H](O)[C@H](Oc2cnn(Cc3ccccc3)c2)C1. The van der Waals surface area contributed by atoms with Gasteiger partial charge in [0, 0.05) is 32.9 Å². The van der Waals surface area contributed by atoms with Crippen LogP contribution in [0.4, 0.5) is 0 Å². The molecule has 3 heterocycles. The molecule has 1 N–H and O–H groups in total. The van der Waals surface area contributed by atoms with Crippen LogP contribution in [0.5, 0.6) is 5.75 Å². The zero-order valence-electron chi connectivity index (χ0n) is 14.8. The van der Waals surface area contributed by atoms with Gasteiger partial charge in [-0.1, -0.05) is 30.3 Å². The van der Waals surface area contributed by atoms with Crippen molar-refractivity contribution < 1.29 is 9.84 Å². The van der Waals surface area contributed by atoms with Crippen LogP contribution < -0.4 is 4.74 Å². The molecule has 4 rings (SSSR count). The van der Waals surface area contributed by atoms with E-state index in [9.17, 15) is 5.11 Å². The maximum absolute atomic E-state index is 10.3. The first-order chi connectivity index (χ1) is 12.7. The van der Waals surface area contributed by atoms with Crippen molar-refractivity contribution in [3.63, 3.8) is 0 Å². The summed E-state index contributed by atoms with van der Waals surface area (Å²) in [4.78, 5) is 2.18. The molecule has 136 valence electrons. The van der Waals surface area contributed by atoms with Crippen molar-refractivity contribution in [3.8, 4) is 5.75 Å². The van der Waals surface area contributed by atoms with Crippen LogP contribution in [0.25, 0.3) is 0 Å². The van der Waals surface area contributed by atoms with Crippen LogP contribution in [-0.2, 0) is 20.1 Å². The average Bonchev–Trinajstić information content (AvgIpc) is 3.32. The number of nitrogens with zero attached hydrogens (tertiary/aromatic N) is 5. The van der Waals surface area contributed by atoms with Crippen molar-refractivity contribution in [2.24, 2.45) is 7.05 Å². The van der Waals surface area contributed by atoms with Gasteiger partial charge >= 0.3 is 0 Å². The zero-order chi connectivity index (χ0) is 17.9. The van der Waals surface area contributed by atoms with Crippen molar-refractivity contribution in [2.75, 3.05) is 13.1 Å². The van der Waals surface area contributed by atoms with Gasteiger partial charge in [0.05, 0.1) is 24.6 Å². The van der Waals surface area contributed by atoms with Crippen molar-refractivity contribution in [1.29, 1.82) is 0 Å². The molecule has 0 amide bonds. The smallest absolute Gasteiger partial charge is 0.157 e. The molecule has 0 unspecified atom stereocenters. The van der Waals surface area contributed by atoms with Gasteiger partial charge < -0.3 is 9.84 Å². The number of benzene rings is 1. The quantitative estimate of drug-likeness (QED) is 0.723. The van der Waals surface area contributed by atoms with E-state index in [0.29, 0.717) is 25.4 Å². The summed E-state index contributed by atoms with van der Waals surface area (Å²) in [7, 11) is 1.93. The number of rotatable bonds is 6. The molecule has 2 aromatic heterocycles. The molecule has 2 atom stereocenters. The number of aliphatic hydroxyl groups is 1. The fourth-order valence-electron chi connectivity index (χ4n) is 3.30. The molecular formula is C19H23N5O2. The Bertz CT molecular complexity index is 845. The fraction of sp³-hybridized carbons (Fsp3) is 0.368. The highest BCUT2D eigenvalue weighted by Crippen LogP contribution is 2.20. The molecule has 0 bridgehead atoms. The second kappa shape index (κ2) is 7.31. The molecule has 1 aliphatic rings. The molecule has 7 nitrogen and oxygen atoms in total. The Hall–Kier alpha value is -2.64. The third-order valence-electron chi connectivity index (χ3n) is 4.71. The topological polar surface area (TPSA) is 68.3 Å². The number of ether oxygens (including phenoxy) is 1. The Morgan fingerprint density at radius 3 is 2.73 bits per heavy atom. The largest absolute Gasteiger partial charge is 0.483 e. The van der Waals surface area contributed by atoms with Gasteiger partial charge in [0.15, 0.2) is 5.75 Å². The lowest BCUT2D eigenvalue weighted by Gasteiger charge is -2.16. The zero-order valence-corrected chi connectivity index (χ0v) is 14.8. The van der Waals surface area contributed by atoms with Crippen LogP contribution in [0.3, 0.4) is 0 Å². The number of aliphatic hydroxyl groups excluding tert-OH is 1. The third-order valence-corrected chi connectivity index (χ3v) is 4.71. The third kappa shape index (κ3) is 3.79. The Kier molecular flexibility index (Phi) is 4.73. The molecule has 7 heteroatoms. The minimum atomic E-state index is -0.513. The summed E-state index contributed by atoms with van der Waals surface area (Å²) in [6.07, 6.45) is 4.61. The van der Waals surface area contributed by atoms with Crippen molar-refractivity contribution in [1.82, 2.24) is 24.5 Å². The van der Waals surface area contributed by atoms with Gasteiger partial charge in [0.1, 0.15) is 12.2 Å². The minimum absolute atomic E-state index is 0.252. The second-order valence-corrected chi connectivity index (χ2v) is 6.72. The number of aromatic nitrogens is 4. The highest BCUT2D eigenvalue weighted by atomic mass is 16.5. The summed E-state index contributed by atoms with van der Waals surface area (Å²) in [5.74, 6) is 0.687. The first kappa shape index (κ1) is 16.8. The summed E-state index contributed by atoms with van der Waals surface area (Å²) >= 11 is 0. The van der Waals surface area contributed by atoms with Crippen LogP contribution in [0.1, 0.15) is 11.3 Å². The predicted octanol–water partition coefficient (Wildman–Crippen LogP) is 1.29. The van der Waals surface area contributed by atoms with Gasteiger partial charge in [-0.2, -0.15) is 10.2 Å². The van der Waals surface area contributed by atoms with Crippen LogP contribution in [0.15, 0.2) is 55.0 Å². The van der Waals surface area contributed by atoms with Gasteiger partial charge in [-0.15, -0.1) is 0 Å². The second-order valence-electron chi connectivity index (χ2n) is 6.72. The van der Waals surface area contributed by atoms with E-state index in [0.717, 1.165) is 12.2 Å². The molecule has 1 aromatic carbocycles. The van der Waals surface area contributed by atoms with E-state index in [1.165, 1.54) is 5.56 Å². The van der Waals surface area contributed by atoms with Crippen LogP contribution >= 0.6 is 0 Å². The Labute approximate surface area is 152 Å². The highest BCUT2D eigenvalue weighted by Gasteiger charge is 2.33. The molecule has 26 heavy (non-hydrogen) atoms. The lowest BCUT2D eigenvalue weighted by atomic mass is 10.2. The average molecular weight is 353 g/mol. The van der Waals surface area contributed by atoms with Crippen LogP contribution in [-0.4, -0.2) is 54.9 Å². The van der Waals surface area contributed by atoms with Gasteiger partial charge in [0.2, 0.25) is 0 Å². The molecule has 1 aliphatic heterocycles. The van der Waals surface area contributed by atoms with Crippen molar-refractivity contribution in [3.05, 3.63) is 66.2 Å². The molecule has 0 radical (unpaired) electrons. The van der Waals surface area contributed by atoms with Crippen LogP contribution in [0, 0.1) is 0 Å². The number of hydrogen-bond acceptors (Lipinski definition) is 5. The van der Waals surface area contributed by atoms with Gasteiger partial charge in [-0.05, 0) is 11.6 Å². The lowest BCUT2D eigenvalue weighted by molar-refractivity contribution is 0.0736. The highest BCUT2D eigenvalue weighted by molar-refractivity contribution is 5.18. The van der Waals surface area contributed by atoms with E-state index in [1.54, 1.807) is 12.4 Å². The standard InChI is InChI=1S/C19H23N5O2/c1-22-16(7-8-20-22)11-23-13-18(25)19(14-23)26-17-9-21-24(12-17)10-15-5-3-2-4-6-15/h2-9,12,18-19,25H,10-11,13-14H2,1H3/t18-,19-/m1/s1. The van der Waals surface area contributed by atoms with Crippen LogP contribution in [0.2, 0.25) is 0 Å². The van der Waals surface area contributed by atoms with E-state index < -0.39 is 6.10 Å². The van der Waals surface area contributed by atoms with E-state index in [-0.39, 0.29) is 6.10 Å². The molecule has 0 saturated carbocycles. The maximum Gasteiger partial charge on any atom is 0.157 e. The number of aryl methyl sites for hydroxylation is 1. The minimum Gasteiger partial charge on any atom is -0.483 e. The number of likely N-dealkylation sites (tertiary alicyclic amines) is 1. The first-order valence-corrected chi connectivity index (χ1v) is 8.78. The fourth-order valence-corrected chi connectivity index (χ4v) is 3.30. The van der Waals surface area contributed by atoms with E-state index in [4.69, 9.17) is 4.74 Å². The van der Waals surface area contributed by atoms with E-state index in [1.807, 2.05) is 46.9 Å². The van der Waals surface area contributed by atoms with Gasteiger partial charge in [-0.25, -0.2) is 0 Å². The lowest BCUT2D eigenvalue weighted by Crippen LogP contribution is -2.29. The Balaban J connectivity index is 1.35. The Morgan fingerprint density at radius 1 is 1.12 bits per heavy atom. The molecule has 0 aliphatic carbocycles. The molecular weight excluding hydrogens is 330 g/mol. The predicted molar refractivity (Wildman–Crippen MR) is 96.7 cm³/mol. The van der Waals surface area contributed by atoms with E-state index >= 15 is 0 Å². The monoisotopic (exact) mass is 353 g/mol. The van der Waals surface area contributed by atoms with Crippen molar-refractivity contribution in [2.45, 2.75) is 25.3 Å². The molecule has 3 aromatic rings. The number of hydrogen-bond donors (Lipinski definition) is 1. The van der Waals surface area contributed by atoms with Gasteiger partial charge in [0.25, 0.3) is 0 Å². The first-order valence-electron chi connectivity index (χ1n) is 8.78. The summed E-state index contributed by atoms with van der Waals surface area (Å²) < 4.78 is 9.69. The Morgan fingerprint density at radius 2 is 1.96 bits per heavy atom. The molecule has 1 fully saturated rings. The normalized spacial score (nSPS) is 20.5. The van der Waals surface area contributed by atoms with Crippen molar-refractivity contribution >= 4 is 0 Å².